The summed E-state index contributed by atoms with van der Waals surface area (Å²) < 4.78 is 13.1. The van der Waals surface area contributed by atoms with E-state index in [2.05, 4.69) is 19.2 Å². The minimum atomic E-state index is -0.122. The van der Waals surface area contributed by atoms with Crippen LogP contribution in [0.3, 0.4) is 0 Å². The highest BCUT2D eigenvalue weighted by molar-refractivity contribution is 5.26. The van der Waals surface area contributed by atoms with Gasteiger partial charge < -0.3 is 5.32 Å². The topological polar surface area (TPSA) is 12.0 Å². The smallest absolute Gasteiger partial charge is 0.123 e. The van der Waals surface area contributed by atoms with Crippen LogP contribution < -0.4 is 5.32 Å². The van der Waals surface area contributed by atoms with Crippen LogP contribution >= 0.6 is 0 Å². The molecule has 1 aliphatic carbocycles. The molecule has 1 aliphatic rings. The van der Waals surface area contributed by atoms with Crippen LogP contribution in [-0.2, 0) is 6.42 Å². The first kappa shape index (κ1) is 11.6. The molecule has 1 aromatic rings. The second kappa shape index (κ2) is 4.96. The molecular formula is C14H20FN. The Labute approximate surface area is 97.1 Å². The molecular weight excluding hydrogens is 201 g/mol. The van der Waals surface area contributed by atoms with Gasteiger partial charge in [0, 0.05) is 6.04 Å². The molecule has 1 atom stereocenters. The Kier molecular flexibility index (Phi) is 3.59. The van der Waals surface area contributed by atoms with E-state index in [0.29, 0.717) is 5.92 Å². The van der Waals surface area contributed by atoms with E-state index in [9.17, 15) is 4.39 Å². The molecule has 0 amide bonds. The van der Waals surface area contributed by atoms with Crippen LogP contribution in [0.1, 0.15) is 30.9 Å². The van der Waals surface area contributed by atoms with E-state index >= 15 is 0 Å². The van der Waals surface area contributed by atoms with Crippen LogP contribution in [0.25, 0.3) is 0 Å². The van der Waals surface area contributed by atoms with Gasteiger partial charge in [0.2, 0.25) is 0 Å². The molecule has 88 valence electrons. The Morgan fingerprint density at radius 1 is 1.44 bits per heavy atom. The van der Waals surface area contributed by atoms with Crippen molar-refractivity contribution in [1.29, 1.82) is 0 Å². The highest BCUT2D eigenvalue weighted by atomic mass is 19.1. The predicted octanol–water partition coefficient (Wildman–Crippen LogP) is 3.06. The molecule has 1 unspecified atom stereocenters. The molecule has 0 spiro atoms. The quantitative estimate of drug-likeness (QED) is 0.805. The monoisotopic (exact) mass is 221 g/mol. The second-order valence-electron chi connectivity index (χ2n) is 5.06. The van der Waals surface area contributed by atoms with Crippen LogP contribution in [0, 0.1) is 18.7 Å². The first-order valence-corrected chi connectivity index (χ1v) is 6.13. The summed E-state index contributed by atoms with van der Waals surface area (Å²) in [4.78, 5) is 0. The summed E-state index contributed by atoms with van der Waals surface area (Å²) in [6.07, 6.45) is 3.61. The summed E-state index contributed by atoms with van der Waals surface area (Å²) in [5.41, 5.74) is 2.34. The van der Waals surface area contributed by atoms with Crippen molar-refractivity contribution >= 4 is 0 Å². The van der Waals surface area contributed by atoms with Gasteiger partial charge in [-0.1, -0.05) is 13.0 Å². The molecule has 0 saturated heterocycles. The summed E-state index contributed by atoms with van der Waals surface area (Å²) in [6.45, 7) is 5.32. The zero-order valence-corrected chi connectivity index (χ0v) is 10.1. The minimum absolute atomic E-state index is 0.122. The first-order chi connectivity index (χ1) is 7.65. The lowest BCUT2D eigenvalue weighted by atomic mass is 9.97. The first-order valence-electron chi connectivity index (χ1n) is 6.13. The standard InChI is InChI=1S/C14H20FN/c1-10(9-16-14-5-6-14)7-12-8-13(15)4-3-11(12)2/h3-4,8,10,14,16H,5-7,9H2,1-2H3. The van der Waals surface area contributed by atoms with Crippen molar-refractivity contribution < 1.29 is 4.39 Å². The fourth-order valence-electron chi connectivity index (χ4n) is 1.96. The van der Waals surface area contributed by atoms with Gasteiger partial charge in [0.1, 0.15) is 5.82 Å². The number of hydrogen-bond acceptors (Lipinski definition) is 1. The third-order valence-electron chi connectivity index (χ3n) is 3.21. The Bertz CT molecular complexity index is 358. The maximum Gasteiger partial charge on any atom is 0.123 e. The SMILES string of the molecule is Cc1ccc(F)cc1CC(C)CNC1CC1. The Hall–Kier alpha value is -0.890. The fraction of sp³-hybridized carbons (Fsp3) is 0.571. The van der Waals surface area contributed by atoms with Crippen LogP contribution in [0.15, 0.2) is 18.2 Å². The molecule has 0 bridgehead atoms. The molecule has 1 nitrogen and oxygen atoms in total. The largest absolute Gasteiger partial charge is 0.314 e. The molecule has 0 radical (unpaired) electrons. The number of rotatable bonds is 5. The van der Waals surface area contributed by atoms with E-state index in [1.54, 1.807) is 6.07 Å². The van der Waals surface area contributed by atoms with Gasteiger partial charge in [0.25, 0.3) is 0 Å². The highest BCUT2D eigenvalue weighted by Gasteiger charge is 2.20. The van der Waals surface area contributed by atoms with E-state index in [4.69, 9.17) is 0 Å². The van der Waals surface area contributed by atoms with E-state index in [1.807, 2.05) is 6.07 Å². The molecule has 16 heavy (non-hydrogen) atoms. The van der Waals surface area contributed by atoms with Gasteiger partial charge in [0.15, 0.2) is 0 Å². The van der Waals surface area contributed by atoms with Crippen molar-refractivity contribution in [3.63, 3.8) is 0 Å². The third kappa shape index (κ3) is 3.31. The summed E-state index contributed by atoms with van der Waals surface area (Å²) in [6, 6.07) is 5.83. The summed E-state index contributed by atoms with van der Waals surface area (Å²) >= 11 is 0. The second-order valence-corrected chi connectivity index (χ2v) is 5.06. The molecule has 1 saturated carbocycles. The molecule has 0 aromatic heterocycles. The van der Waals surface area contributed by atoms with Gasteiger partial charge in [-0.15, -0.1) is 0 Å². The van der Waals surface area contributed by atoms with Gasteiger partial charge in [-0.3, -0.25) is 0 Å². The van der Waals surface area contributed by atoms with Crippen LogP contribution in [0.2, 0.25) is 0 Å². The van der Waals surface area contributed by atoms with Crippen molar-refractivity contribution in [1.82, 2.24) is 5.32 Å². The molecule has 2 rings (SSSR count). The lowest BCUT2D eigenvalue weighted by Crippen LogP contribution is -2.24. The number of hydrogen-bond donors (Lipinski definition) is 1. The van der Waals surface area contributed by atoms with E-state index in [1.165, 1.54) is 24.5 Å². The predicted molar refractivity (Wildman–Crippen MR) is 65.0 cm³/mol. The highest BCUT2D eigenvalue weighted by Crippen LogP contribution is 2.20. The van der Waals surface area contributed by atoms with Crippen LogP contribution in [-0.4, -0.2) is 12.6 Å². The maximum absolute atomic E-state index is 13.1. The molecule has 2 heteroatoms. The number of benzene rings is 1. The Morgan fingerprint density at radius 2 is 2.19 bits per heavy atom. The molecule has 0 heterocycles. The van der Waals surface area contributed by atoms with Gasteiger partial charge in [-0.05, 0) is 61.9 Å². The molecule has 0 aliphatic heterocycles. The zero-order valence-electron chi connectivity index (χ0n) is 10.1. The molecule has 1 fully saturated rings. The van der Waals surface area contributed by atoms with Crippen LogP contribution in [0.4, 0.5) is 4.39 Å². The summed E-state index contributed by atoms with van der Waals surface area (Å²) in [7, 11) is 0. The van der Waals surface area contributed by atoms with Crippen molar-refractivity contribution in [2.45, 2.75) is 39.2 Å². The van der Waals surface area contributed by atoms with Crippen molar-refractivity contribution in [3.8, 4) is 0 Å². The Balaban J connectivity index is 1.88. The van der Waals surface area contributed by atoms with E-state index in [0.717, 1.165) is 24.6 Å². The number of halogens is 1. The fourth-order valence-corrected chi connectivity index (χ4v) is 1.96. The van der Waals surface area contributed by atoms with E-state index < -0.39 is 0 Å². The summed E-state index contributed by atoms with van der Waals surface area (Å²) in [5.74, 6) is 0.448. The molecule has 1 N–H and O–H groups in total. The van der Waals surface area contributed by atoms with Gasteiger partial charge in [-0.2, -0.15) is 0 Å². The summed E-state index contributed by atoms with van der Waals surface area (Å²) in [5, 5.41) is 3.52. The van der Waals surface area contributed by atoms with Crippen molar-refractivity contribution in [3.05, 3.63) is 35.1 Å². The maximum atomic E-state index is 13.1. The Morgan fingerprint density at radius 3 is 2.88 bits per heavy atom. The van der Waals surface area contributed by atoms with Gasteiger partial charge >= 0.3 is 0 Å². The lowest BCUT2D eigenvalue weighted by molar-refractivity contribution is 0.506. The zero-order chi connectivity index (χ0) is 11.5. The van der Waals surface area contributed by atoms with Gasteiger partial charge in [-0.25, -0.2) is 4.39 Å². The van der Waals surface area contributed by atoms with Crippen molar-refractivity contribution in [2.24, 2.45) is 5.92 Å². The lowest BCUT2D eigenvalue weighted by Gasteiger charge is -2.14. The average Bonchev–Trinajstić information content (AvgIpc) is 3.04. The molecule has 1 aromatic carbocycles. The van der Waals surface area contributed by atoms with E-state index in [-0.39, 0.29) is 5.82 Å². The normalized spacial score (nSPS) is 17.4. The number of nitrogens with one attached hydrogen (secondary N) is 1. The number of aryl methyl sites for hydroxylation is 1. The average molecular weight is 221 g/mol. The van der Waals surface area contributed by atoms with Crippen molar-refractivity contribution in [2.75, 3.05) is 6.54 Å². The van der Waals surface area contributed by atoms with Crippen LogP contribution in [0.5, 0.6) is 0 Å². The van der Waals surface area contributed by atoms with Gasteiger partial charge in [0.05, 0.1) is 0 Å². The third-order valence-corrected chi connectivity index (χ3v) is 3.21. The minimum Gasteiger partial charge on any atom is -0.314 e.